The molecule has 104 valence electrons. The third-order valence-corrected chi connectivity index (χ3v) is 2.80. The Morgan fingerprint density at radius 3 is 2.65 bits per heavy atom. The Hall–Kier alpha value is -2.05. The van der Waals surface area contributed by atoms with Crippen LogP contribution in [-0.2, 0) is 4.79 Å². The van der Waals surface area contributed by atoms with Gasteiger partial charge in [-0.25, -0.2) is 9.78 Å². The first kappa shape index (κ1) is 14.4. The molecule has 0 saturated heterocycles. The predicted molar refractivity (Wildman–Crippen MR) is 74.9 cm³/mol. The van der Waals surface area contributed by atoms with Gasteiger partial charge < -0.3 is 15.2 Å². The Bertz CT molecular complexity index is 617. The van der Waals surface area contributed by atoms with Crippen molar-refractivity contribution in [2.75, 3.05) is 11.9 Å². The molecule has 0 bridgehead atoms. The number of carboxylic acids is 1. The van der Waals surface area contributed by atoms with Crippen LogP contribution in [0.2, 0.25) is 10.0 Å². The molecular formula is C12H9Cl2N3O3. The number of rotatable bonds is 5. The topological polar surface area (TPSA) is 84.3 Å². The molecule has 0 radical (unpaired) electrons. The minimum atomic E-state index is -1.09. The lowest BCUT2D eigenvalue weighted by Crippen LogP contribution is -2.10. The second-order valence-corrected chi connectivity index (χ2v) is 4.44. The molecule has 20 heavy (non-hydrogen) atoms. The fourth-order valence-corrected chi connectivity index (χ4v) is 1.84. The lowest BCUT2D eigenvalue weighted by molar-refractivity contribution is -0.139. The molecule has 2 rings (SSSR count). The van der Waals surface area contributed by atoms with Gasteiger partial charge in [0, 0.05) is 12.3 Å². The van der Waals surface area contributed by atoms with Crippen molar-refractivity contribution in [3.8, 4) is 5.88 Å². The van der Waals surface area contributed by atoms with Crippen molar-refractivity contribution in [1.82, 2.24) is 9.97 Å². The number of halogens is 2. The van der Waals surface area contributed by atoms with E-state index >= 15 is 0 Å². The average Bonchev–Trinajstić information content (AvgIpc) is 2.41. The highest BCUT2D eigenvalue weighted by atomic mass is 35.5. The molecule has 0 fully saturated rings. The fraction of sp³-hybridized carbons (Fsp3) is 0.0833. The smallest absolute Gasteiger partial charge is 0.341 e. The van der Waals surface area contributed by atoms with E-state index in [1.165, 1.54) is 12.3 Å². The van der Waals surface area contributed by atoms with Crippen molar-refractivity contribution in [2.24, 2.45) is 0 Å². The van der Waals surface area contributed by atoms with Gasteiger partial charge in [0.2, 0.25) is 11.8 Å². The van der Waals surface area contributed by atoms with Crippen molar-refractivity contribution >= 4 is 40.8 Å². The number of nitrogens with one attached hydrogen (secondary N) is 1. The third kappa shape index (κ3) is 3.72. The Morgan fingerprint density at radius 1 is 1.30 bits per heavy atom. The van der Waals surface area contributed by atoms with E-state index < -0.39 is 12.6 Å². The largest absolute Gasteiger partial charge is 0.479 e. The molecule has 2 aromatic rings. The fourth-order valence-electron chi connectivity index (χ4n) is 1.35. The number of hydrogen-bond acceptors (Lipinski definition) is 5. The number of aliphatic carboxylic acids is 1. The number of carboxylic acid groups (broad SMARTS) is 1. The van der Waals surface area contributed by atoms with E-state index in [0.29, 0.717) is 15.7 Å². The molecule has 1 aromatic heterocycles. The van der Waals surface area contributed by atoms with Crippen LogP contribution in [0.4, 0.5) is 11.6 Å². The van der Waals surface area contributed by atoms with E-state index in [1.807, 2.05) is 0 Å². The van der Waals surface area contributed by atoms with Crippen LogP contribution in [0.5, 0.6) is 5.88 Å². The Labute approximate surface area is 124 Å². The summed E-state index contributed by atoms with van der Waals surface area (Å²) in [6.45, 7) is -0.483. The van der Waals surface area contributed by atoms with E-state index in [-0.39, 0.29) is 11.8 Å². The second-order valence-electron chi connectivity index (χ2n) is 3.62. The van der Waals surface area contributed by atoms with E-state index in [9.17, 15) is 4.79 Å². The van der Waals surface area contributed by atoms with Crippen LogP contribution >= 0.6 is 23.2 Å². The van der Waals surface area contributed by atoms with Gasteiger partial charge in [0.25, 0.3) is 0 Å². The molecule has 6 nitrogen and oxygen atoms in total. The van der Waals surface area contributed by atoms with Crippen LogP contribution in [0.1, 0.15) is 0 Å². The molecule has 0 saturated carbocycles. The number of anilines is 2. The molecule has 2 N–H and O–H groups in total. The first-order valence-electron chi connectivity index (χ1n) is 5.45. The highest BCUT2D eigenvalue weighted by molar-refractivity contribution is 6.39. The van der Waals surface area contributed by atoms with Crippen LogP contribution in [0.15, 0.2) is 30.5 Å². The van der Waals surface area contributed by atoms with E-state index in [2.05, 4.69) is 15.3 Å². The molecule has 0 spiro atoms. The summed E-state index contributed by atoms with van der Waals surface area (Å²) in [6, 6.07) is 6.49. The average molecular weight is 314 g/mol. The summed E-state index contributed by atoms with van der Waals surface area (Å²) in [7, 11) is 0. The first-order chi connectivity index (χ1) is 9.56. The monoisotopic (exact) mass is 313 g/mol. The summed E-state index contributed by atoms with van der Waals surface area (Å²) >= 11 is 12.0. The van der Waals surface area contributed by atoms with Gasteiger partial charge >= 0.3 is 5.97 Å². The molecule has 1 heterocycles. The summed E-state index contributed by atoms with van der Waals surface area (Å²) < 4.78 is 4.95. The number of carbonyl (C=O) groups is 1. The Kier molecular flexibility index (Phi) is 4.60. The summed E-state index contributed by atoms with van der Waals surface area (Å²) in [6.07, 6.45) is 1.43. The zero-order valence-corrected chi connectivity index (χ0v) is 11.5. The highest BCUT2D eigenvalue weighted by Gasteiger charge is 2.08. The van der Waals surface area contributed by atoms with Crippen molar-refractivity contribution < 1.29 is 14.6 Å². The van der Waals surface area contributed by atoms with Crippen LogP contribution in [-0.4, -0.2) is 27.7 Å². The van der Waals surface area contributed by atoms with E-state index in [4.69, 9.17) is 33.0 Å². The molecule has 0 unspecified atom stereocenters. The summed E-state index contributed by atoms with van der Waals surface area (Å²) in [5.74, 6) is -0.761. The Morgan fingerprint density at radius 2 is 2.00 bits per heavy atom. The minimum absolute atomic E-state index is 0.132. The third-order valence-electron chi connectivity index (χ3n) is 2.17. The maximum atomic E-state index is 10.4. The van der Waals surface area contributed by atoms with Gasteiger partial charge in [-0.2, -0.15) is 4.98 Å². The zero-order chi connectivity index (χ0) is 14.5. The summed E-state index contributed by atoms with van der Waals surface area (Å²) in [4.78, 5) is 18.4. The second kappa shape index (κ2) is 6.40. The lowest BCUT2D eigenvalue weighted by atomic mass is 10.3. The van der Waals surface area contributed by atoms with Gasteiger partial charge in [0.15, 0.2) is 6.61 Å². The highest BCUT2D eigenvalue weighted by Crippen LogP contribution is 2.31. The molecule has 0 aliphatic carbocycles. The standard InChI is InChI=1S/C12H9Cl2N3O3/c13-7-2-1-3-8(14)11(7)17-12-15-5-4-9(16-12)20-6-10(18)19/h1-5H,6H2,(H,18,19)(H,15,16,17). The van der Waals surface area contributed by atoms with Gasteiger partial charge in [-0.15, -0.1) is 0 Å². The molecule has 0 aliphatic heterocycles. The maximum Gasteiger partial charge on any atom is 0.341 e. The van der Waals surface area contributed by atoms with Crippen LogP contribution in [0.25, 0.3) is 0 Å². The summed E-state index contributed by atoms with van der Waals surface area (Å²) in [5.41, 5.74) is 0.464. The molecule has 1 aromatic carbocycles. The molecular weight excluding hydrogens is 305 g/mol. The van der Waals surface area contributed by atoms with Gasteiger partial charge in [-0.05, 0) is 12.1 Å². The number of aromatic nitrogens is 2. The first-order valence-corrected chi connectivity index (χ1v) is 6.20. The minimum Gasteiger partial charge on any atom is -0.479 e. The SMILES string of the molecule is O=C(O)COc1ccnc(Nc2c(Cl)cccc2Cl)n1. The van der Waals surface area contributed by atoms with Crippen molar-refractivity contribution in [2.45, 2.75) is 0 Å². The number of hydrogen-bond donors (Lipinski definition) is 2. The number of ether oxygens (including phenoxy) is 1. The van der Waals surface area contributed by atoms with Crippen molar-refractivity contribution in [1.29, 1.82) is 0 Å². The van der Waals surface area contributed by atoms with Crippen molar-refractivity contribution in [3.63, 3.8) is 0 Å². The van der Waals surface area contributed by atoms with Gasteiger partial charge in [-0.3, -0.25) is 0 Å². The van der Waals surface area contributed by atoms with Gasteiger partial charge in [0.05, 0.1) is 15.7 Å². The van der Waals surface area contributed by atoms with Crippen LogP contribution < -0.4 is 10.1 Å². The van der Waals surface area contributed by atoms with Crippen LogP contribution in [0, 0.1) is 0 Å². The molecule has 0 amide bonds. The number of para-hydroxylation sites is 1. The quantitative estimate of drug-likeness (QED) is 0.882. The molecule has 0 atom stereocenters. The zero-order valence-electron chi connectivity index (χ0n) is 10.0. The predicted octanol–water partition coefficient (Wildman–Crippen LogP) is 2.99. The van der Waals surface area contributed by atoms with Crippen LogP contribution in [0.3, 0.4) is 0 Å². The lowest BCUT2D eigenvalue weighted by Gasteiger charge is -2.09. The summed E-state index contributed by atoms with van der Waals surface area (Å²) in [5, 5.41) is 12.2. The van der Waals surface area contributed by atoms with E-state index in [1.54, 1.807) is 18.2 Å². The van der Waals surface area contributed by atoms with Gasteiger partial charge in [0.1, 0.15) is 0 Å². The molecule has 0 aliphatic rings. The van der Waals surface area contributed by atoms with Gasteiger partial charge in [-0.1, -0.05) is 29.3 Å². The molecule has 8 heteroatoms. The number of nitrogens with zero attached hydrogens (tertiary/aromatic N) is 2. The Balaban J connectivity index is 2.17. The number of benzene rings is 1. The normalized spacial score (nSPS) is 10.1. The van der Waals surface area contributed by atoms with E-state index in [0.717, 1.165) is 0 Å². The maximum absolute atomic E-state index is 10.4. The van der Waals surface area contributed by atoms with Crippen molar-refractivity contribution in [3.05, 3.63) is 40.5 Å².